The molecule has 4 aromatic carbocycles. The molecule has 6 heteroatoms. The molecule has 0 aromatic heterocycles. The second kappa shape index (κ2) is 11.4. The van der Waals surface area contributed by atoms with Gasteiger partial charge in [-0.25, -0.2) is 0 Å². The highest BCUT2D eigenvalue weighted by Crippen LogP contribution is 2.43. The molecule has 190 valence electrons. The van der Waals surface area contributed by atoms with E-state index >= 15 is 0 Å². The number of rotatable bonds is 7. The van der Waals surface area contributed by atoms with Crippen molar-refractivity contribution >= 4 is 35.3 Å². The molecule has 1 heterocycles. The van der Waals surface area contributed by atoms with Crippen molar-refractivity contribution in [1.29, 1.82) is 0 Å². The minimum atomic E-state index is -0.211. The number of aryl methyl sites for hydroxylation is 1. The Morgan fingerprint density at radius 1 is 0.947 bits per heavy atom. The maximum Gasteiger partial charge on any atom is 0.265 e. The van der Waals surface area contributed by atoms with Crippen LogP contribution in [0.5, 0.6) is 5.75 Å². The molecule has 0 bridgehead atoms. The van der Waals surface area contributed by atoms with Crippen molar-refractivity contribution in [3.8, 4) is 5.75 Å². The van der Waals surface area contributed by atoms with Crippen LogP contribution in [0.15, 0.2) is 107 Å². The van der Waals surface area contributed by atoms with Crippen molar-refractivity contribution in [3.63, 3.8) is 0 Å². The Balaban J connectivity index is 1.46. The Hall–Kier alpha value is -4.29. The lowest BCUT2D eigenvalue weighted by Crippen LogP contribution is -2.34. The van der Waals surface area contributed by atoms with Crippen molar-refractivity contribution < 1.29 is 14.3 Å². The Bertz CT molecular complexity index is 1510. The summed E-state index contributed by atoms with van der Waals surface area (Å²) in [5.74, 6) is 0.430. The average molecular weight is 521 g/mol. The molecule has 0 aliphatic carbocycles. The van der Waals surface area contributed by atoms with Gasteiger partial charge in [-0.15, -0.1) is 0 Å². The molecule has 5 nitrogen and oxygen atoms in total. The summed E-state index contributed by atoms with van der Waals surface area (Å²) < 4.78 is 5.40. The monoisotopic (exact) mass is 520 g/mol. The van der Waals surface area contributed by atoms with Crippen LogP contribution in [0, 0.1) is 6.92 Å². The fourth-order valence-electron chi connectivity index (χ4n) is 4.43. The predicted octanol–water partition coefficient (Wildman–Crippen LogP) is 6.61. The summed E-state index contributed by atoms with van der Waals surface area (Å²) in [5, 5.41) is 2.98. The molecule has 38 heavy (non-hydrogen) atoms. The number of carbonyl (C=O) groups is 2. The second-order valence-corrected chi connectivity index (χ2v) is 10.2. The minimum Gasteiger partial charge on any atom is -0.496 e. The van der Waals surface area contributed by atoms with E-state index in [0.717, 1.165) is 38.6 Å². The van der Waals surface area contributed by atoms with Crippen LogP contribution in [0.2, 0.25) is 0 Å². The molecule has 4 aromatic rings. The van der Waals surface area contributed by atoms with E-state index in [9.17, 15) is 9.59 Å². The summed E-state index contributed by atoms with van der Waals surface area (Å²) in [6, 6.07) is 31.1. The van der Waals surface area contributed by atoms with Crippen molar-refractivity contribution in [1.82, 2.24) is 5.32 Å². The van der Waals surface area contributed by atoms with Crippen LogP contribution in [-0.4, -0.2) is 18.9 Å². The van der Waals surface area contributed by atoms with E-state index in [-0.39, 0.29) is 11.8 Å². The number of fused-ring (bicyclic) bond motifs is 1. The van der Waals surface area contributed by atoms with Gasteiger partial charge in [-0.2, -0.15) is 0 Å². The molecule has 5 rings (SSSR count). The number of para-hydroxylation sites is 1. The fourth-order valence-corrected chi connectivity index (χ4v) is 5.47. The molecule has 0 spiro atoms. The van der Waals surface area contributed by atoms with Gasteiger partial charge in [-0.3, -0.25) is 9.59 Å². The van der Waals surface area contributed by atoms with E-state index in [4.69, 9.17) is 4.74 Å². The number of amides is 2. The summed E-state index contributed by atoms with van der Waals surface area (Å²) in [4.78, 5) is 30.2. The lowest BCUT2D eigenvalue weighted by atomic mass is 10.1. The van der Waals surface area contributed by atoms with Crippen LogP contribution in [0.4, 0.5) is 5.69 Å². The molecule has 0 saturated heterocycles. The van der Waals surface area contributed by atoms with Crippen molar-refractivity contribution in [3.05, 3.63) is 130 Å². The molecule has 0 saturated carbocycles. The molecule has 0 fully saturated rings. The smallest absolute Gasteiger partial charge is 0.265 e. The maximum atomic E-state index is 13.8. The standard InChI is InChI=1S/C32H28N2O3S/c1-22-9-8-12-24(17-22)21-34-27-19-25(31(35)33-20-26-13-6-7-14-28(26)37-2)15-16-29(27)38-30(32(34)36)18-23-10-4-3-5-11-23/h3-19H,20-21H2,1-2H3,(H,33,35). The highest BCUT2D eigenvalue weighted by atomic mass is 32.2. The van der Waals surface area contributed by atoms with Crippen molar-refractivity contribution in [2.75, 3.05) is 12.0 Å². The SMILES string of the molecule is COc1ccccc1CNC(=O)c1ccc2c(c1)N(Cc1cccc(C)c1)C(=O)C(=Cc1ccccc1)S2. The van der Waals surface area contributed by atoms with Gasteiger partial charge >= 0.3 is 0 Å². The Labute approximate surface area is 227 Å². The quantitative estimate of drug-likeness (QED) is 0.279. The molecule has 1 N–H and O–H groups in total. The summed E-state index contributed by atoms with van der Waals surface area (Å²) in [5.41, 5.74) is 5.25. The first kappa shape index (κ1) is 25.4. The number of ether oxygens (including phenoxy) is 1. The van der Waals surface area contributed by atoms with Gasteiger partial charge in [0, 0.05) is 22.6 Å². The predicted molar refractivity (Wildman–Crippen MR) is 153 cm³/mol. The van der Waals surface area contributed by atoms with E-state index < -0.39 is 0 Å². The normalized spacial score (nSPS) is 13.8. The summed E-state index contributed by atoms with van der Waals surface area (Å²) in [6.45, 7) is 2.79. The van der Waals surface area contributed by atoms with E-state index in [2.05, 4.69) is 11.4 Å². The molecule has 0 radical (unpaired) electrons. The van der Waals surface area contributed by atoms with Crippen LogP contribution in [0.3, 0.4) is 0 Å². The zero-order valence-corrected chi connectivity index (χ0v) is 22.1. The molecular weight excluding hydrogens is 492 g/mol. The van der Waals surface area contributed by atoms with E-state index in [1.165, 1.54) is 11.8 Å². The molecular formula is C32H28N2O3S. The van der Waals surface area contributed by atoms with E-state index in [1.807, 2.05) is 104 Å². The second-order valence-electron chi connectivity index (χ2n) is 9.08. The van der Waals surface area contributed by atoms with Gasteiger partial charge in [0.15, 0.2) is 0 Å². The number of carbonyl (C=O) groups excluding carboxylic acids is 2. The number of hydrogen-bond donors (Lipinski definition) is 1. The van der Waals surface area contributed by atoms with Gasteiger partial charge in [0.2, 0.25) is 0 Å². The number of anilines is 1. The van der Waals surface area contributed by atoms with Crippen LogP contribution >= 0.6 is 11.8 Å². The molecule has 2 amide bonds. The summed E-state index contributed by atoms with van der Waals surface area (Å²) >= 11 is 1.43. The number of thioether (sulfide) groups is 1. The summed E-state index contributed by atoms with van der Waals surface area (Å²) in [7, 11) is 1.61. The zero-order chi connectivity index (χ0) is 26.5. The van der Waals surface area contributed by atoms with Crippen LogP contribution in [0.1, 0.15) is 32.6 Å². The zero-order valence-electron chi connectivity index (χ0n) is 21.3. The lowest BCUT2D eigenvalue weighted by Gasteiger charge is -2.31. The van der Waals surface area contributed by atoms with Gasteiger partial charge in [0.25, 0.3) is 11.8 Å². The van der Waals surface area contributed by atoms with E-state index in [1.54, 1.807) is 12.0 Å². The number of methoxy groups -OCH3 is 1. The largest absolute Gasteiger partial charge is 0.496 e. The molecule has 0 unspecified atom stereocenters. The first-order valence-corrected chi connectivity index (χ1v) is 13.2. The minimum absolute atomic E-state index is 0.0839. The number of nitrogens with one attached hydrogen (secondary N) is 1. The van der Waals surface area contributed by atoms with Gasteiger partial charge in [0.1, 0.15) is 5.75 Å². The number of nitrogens with zero attached hydrogens (tertiary/aromatic N) is 1. The molecule has 0 atom stereocenters. The highest BCUT2D eigenvalue weighted by Gasteiger charge is 2.30. The first-order valence-electron chi connectivity index (χ1n) is 12.4. The van der Waals surface area contributed by atoms with Crippen LogP contribution in [0.25, 0.3) is 6.08 Å². The summed E-state index contributed by atoms with van der Waals surface area (Å²) in [6.07, 6.45) is 1.92. The topological polar surface area (TPSA) is 58.6 Å². The first-order chi connectivity index (χ1) is 18.5. The van der Waals surface area contributed by atoms with Crippen molar-refractivity contribution in [2.24, 2.45) is 0 Å². The van der Waals surface area contributed by atoms with Gasteiger partial charge in [-0.05, 0) is 48.4 Å². The number of hydrogen-bond acceptors (Lipinski definition) is 4. The maximum absolute atomic E-state index is 13.8. The lowest BCUT2D eigenvalue weighted by molar-refractivity contribution is -0.114. The van der Waals surface area contributed by atoms with Crippen molar-refractivity contribution in [2.45, 2.75) is 24.9 Å². The van der Waals surface area contributed by atoms with Gasteiger partial charge in [-0.1, -0.05) is 90.1 Å². The highest BCUT2D eigenvalue weighted by molar-refractivity contribution is 8.04. The van der Waals surface area contributed by atoms with E-state index in [0.29, 0.717) is 23.6 Å². The Kier molecular flexibility index (Phi) is 7.61. The Morgan fingerprint density at radius 2 is 1.74 bits per heavy atom. The van der Waals surface area contributed by atoms with Gasteiger partial charge in [0.05, 0.1) is 24.2 Å². The van der Waals surface area contributed by atoms with Crippen LogP contribution in [-0.2, 0) is 17.9 Å². The number of benzene rings is 4. The van der Waals surface area contributed by atoms with Gasteiger partial charge < -0.3 is 15.0 Å². The third-order valence-electron chi connectivity index (χ3n) is 6.34. The Morgan fingerprint density at radius 3 is 2.53 bits per heavy atom. The third-order valence-corrected chi connectivity index (χ3v) is 7.42. The molecule has 1 aliphatic rings. The fraction of sp³-hybridized carbons (Fsp3) is 0.125. The average Bonchev–Trinajstić information content (AvgIpc) is 2.94. The van der Waals surface area contributed by atoms with Crippen LogP contribution < -0.4 is 15.0 Å². The third kappa shape index (κ3) is 5.66. The molecule has 1 aliphatic heterocycles.